The lowest BCUT2D eigenvalue weighted by molar-refractivity contribution is 0.281. The second-order valence-electron chi connectivity index (χ2n) is 5.49. The number of nitrogens with one attached hydrogen (secondary N) is 1. The van der Waals surface area contributed by atoms with Crippen molar-refractivity contribution in [3.05, 3.63) is 52.4 Å². The number of hydrogen-bond donors (Lipinski definition) is 2. The van der Waals surface area contributed by atoms with Gasteiger partial charge < -0.3 is 14.9 Å². The summed E-state index contributed by atoms with van der Waals surface area (Å²) in [6.07, 6.45) is 0.965. The fourth-order valence-electron chi connectivity index (χ4n) is 2.75. The molecule has 0 spiro atoms. The van der Waals surface area contributed by atoms with Gasteiger partial charge in [0.15, 0.2) is 0 Å². The average Bonchev–Trinajstić information content (AvgIpc) is 2.84. The van der Waals surface area contributed by atoms with Crippen LogP contribution in [0.25, 0.3) is 0 Å². The Bertz CT molecular complexity index is 573. The molecule has 2 unspecified atom stereocenters. The van der Waals surface area contributed by atoms with Crippen molar-refractivity contribution in [3.63, 3.8) is 0 Å². The molecule has 0 fully saturated rings. The largest absolute Gasteiger partial charge is 0.392 e. The lowest BCUT2D eigenvalue weighted by Gasteiger charge is -2.23. The van der Waals surface area contributed by atoms with Crippen LogP contribution in [0.5, 0.6) is 0 Å². The van der Waals surface area contributed by atoms with E-state index in [1.807, 2.05) is 32.0 Å². The molecule has 4 nitrogen and oxygen atoms in total. The summed E-state index contributed by atoms with van der Waals surface area (Å²) >= 11 is 0. The van der Waals surface area contributed by atoms with E-state index in [0.717, 1.165) is 29.0 Å². The lowest BCUT2D eigenvalue weighted by Crippen LogP contribution is -2.25. The Balaban J connectivity index is 2.18. The fourth-order valence-corrected chi connectivity index (χ4v) is 2.75. The molecule has 2 rings (SSSR count). The van der Waals surface area contributed by atoms with E-state index in [4.69, 9.17) is 4.52 Å². The van der Waals surface area contributed by atoms with E-state index in [0.29, 0.717) is 0 Å². The minimum Gasteiger partial charge on any atom is -0.392 e. The minimum atomic E-state index is 0.0711. The normalized spacial score (nSPS) is 14.1. The first-order valence-corrected chi connectivity index (χ1v) is 7.45. The lowest BCUT2D eigenvalue weighted by atomic mass is 9.99. The summed E-state index contributed by atoms with van der Waals surface area (Å²) in [5, 5.41) is 16.9. The summed E-state index contributed by atoms with van der Waals surface area (Å²) in [4.78, 5) is 0. The molecule has 0 radical (unpaired) electrons. The standard InChI is InChI=1S/C17H24N2O2/c1-5-16(17-12(3)19-21-13(17)4)18-11(2)15-8-6-7-14(9-15)10-20/h6-9,11,16,18,20H,5,10H2,1-4H3. The average molecular weight is 288 g/mol. The van der Waals surface area contributed by atoms with Crippen LogP contribution < -0.4 is 5.32 Å². The van der Waals surface area contributed by atoms with Gasteiger partial charge in [-0.15, -0.1) is 0 Å². The summed E-state index contributed by atoms with van der Waals surface area (Å²) in [5.41, 5.74) is 4.21. The number of nitrogens with zero attached hydrogens (tertiary/aromatic N) is 1. The van der Waals surface area contributed by atoms with E-state index in [1.165, 1.54) is 5.56 Å². The Morgan fingerprint density at radius 3 is 2.67 bits per heavy atom. The van der Waals surface area contributed by atoms with Crippen molar-refractivity contribution in [2.45, 2.75) is 52.8 Å². The third-order valence-corrected chi connectivity index (χ3v) is 3.93. The molecule has 0 saturated carbocycles. The molecule has 0 saturated heterocycles. The highest BCUT2D eigenvalue weighted by atomic mass is 16.5. The summed E-state index contributed by atoms with van der Waals surface area (Å²) in [6, 6.07) is 8.44. The first kappa shape index (κ1) is 15.7. The van der Waals surface area contributed by atoms with E-state index in [9.17, 15) is 5.11 Å². The van der Waals surface area contributed by atoms with Gasteiger partial charge in [0.25, 0.3) is 0 Å². The molecule has 0 aliphatic carbocycles. The molecule has 114 valence electrons. The maximum Gasteiger partial charge on any atom is 0.138 e. The summed E-state index contributed by atoms with van der Waals surface area (Å²) in [5.74, 6) is 0.878. The van der Waals surface area contributed by atoms with Crippen LogP contribution >= 0.6 is 0 Å². The third-order valence-electron chi connectivity index (χ3n) is 3.93. The van der Waals surface area contributed by atoms with Crippen molar-refractivity contribution in [2.75, 3.05) is 0 Å². The number of aliphatic hydroxyl groups is 1. The van der Waals surface area contributed by atoms with Gasteiger partial charge in [0, 0.05) is 17.6 Å². The van der Waals surface area contributed by atoms with Crippen LogP contribution in [0.15, 0.2) is 28.8 Å². The molecule has 0 aliphatic rings. The van der Waals surface area contributed by atoms with Gasteiger partial charge in [-0.25, -0.2) is 0 Å². The Kier molecular flexibility index (Phi) is 5.15. The Morgan fingerprint density at radius 2 is 2.10 bits per heavy atom. The zero-order valence-corrected chi connectivity index (χ0v) is 13.2. The molecule has 0 bridgehead atoms. The van der Waals surface area contributed by atoms with E-state index in [-0.39, 0.29) is 18.7 Å². The molecule has 2 atom stereocenters. The van der Waals surface area contributed by atoms with Crippen molar-refractivity contribution in [2.24, 2.45) is 0 Å². The van der Waals surface area contributed by atoms with Crippen molar-refractivity contribution in [1.82, 2.24) is 10.5 Å². The number of aromatic nitrogens is 1. The molecule has 2 aromatic rings. The Morgan fingerprint density at radius 1 is 1.33 bits per heavy atom. The second-order valence-corrected chi connectivity index (χ2v) is 5.49. The minimum absolute atomic E-state index is 0.0711. The van der Waals surface area contributed by atoms with Crippen LogP contribution in [0, 0.1) is 13.8 Å². The molecule has 4 heteroatoms. The highest BCUT2D eigenvalue weighted by Crippen LogP contribution is 2.27. The van der Waals surface area contributed by atoms with Gasteiger partial charge in [-0.1, -0.05) is 36.3 Å². The molecular weight excluding hydrogens is 264 g/mol. The van der Waals surface area contributed by atoms with Crippen molar-refractivity contribution < 1.29 is 9.63 Å². The van der Waals surface area contributed by atoms with E-state index in [1.54, 1.807) is 0 Å². The van der Waals surface area contributed by atoms with E-state index < -0.39 is 0 Å². The van der Waals surface area contributed by atoms with Crippen LogP contribution in [0.3, 0.4) is 0 Å². The summed E-state index contributed by atoms with van der Waals surface area (Å²) in [6.45, 7) is 8.29. The van der Waals surface area contributed by atoms with E-state index >= 15 is 0 Å². The number of benzene rings is 1. The maximum atomic E-state index is 9.25. The van der Waals surface area contributed by atoms with Gasteiger partial charge in [-0.2, -0.15) is 0 Å². The van der Waals surface area contributed by atoms with Crippen LogP contribution in [-0.2, 0) is 6.61 Å². The van der Waals surface area contributed by atoms with Gasteiger partial charge in [-0.05, 0) is 38.3 Å². The SMILES string of the molecule is CCC(NC(C)c1cccc(CO)c1)c1c(C)noc1C. The summed E-state index contributed by atoms with van der Waals surface area (Å²) < 4.78 is 5.28. The molecule has 2 N–H and O–H groups in total. The fraction of sp³-hybridized carbons (Fsp3) is 0.471. The summed E-state index contributed by atoms with van der Waals surface area (Å²) in [7, 11) is 0. The quantitative estimate of drug-likeness (QED) is 0.853. The third kappa shape index (κ3) is 3.52. The van der Waals surface area contributed by atoms with E-state index in [2.05, 4.69) is 30.4 Å². The monoisotopic (exact) mass is 288 g/mol. The Labute approximate surface area is 126 Å². The topological polar surface area (TPSA) is 58.3 Å². The van der Waals surface area contributed by atoms with Gasteiger partial charge in [0.2, 0.25) is 0 Å². The van der Waals surface area contributed by atoms with Crippen LogP contribution in [0.4, 0.5) is 0 Å². The van der Waals surface area contributed by atoms with Gasteiger partial charge in [-0.3, -0.25) is 0 Å². The van der Waals surface area contributed by atoms with Gasteiger partial charge in [0.1, 0.15) is 5.76 Å². The number of aliphatic hydroxyl groups excluding tert-OH is 1. The molecule has 1 aromatic carbocycles. The first-order valence-electron chi connectivity index (χ1n) is 7.45. The molecule has 0 aliphatic heterocycles. The van der Waals surface area contributed by atoms with Crippen LogP contribution in [0.1, 0.15) is 60.5 Å². The van der Waals surface area contributed by atoms with Crippen molar-refractivity contribution in [1.29, 1.82) is 0 Å². The zero-order valence-electron chi connectivity index (χ0n) is 13.2. The maximum absolute atomic E-state index is 9.25. The van der Waals surface area contributed by atoms with Crippen LogP contribution in [0.2, 0.25) is 0 Å². The smallest absolute Gasteiger partial charge is 0.138 e. The zero-order chi connectivity index (χ0) is 15.4. The number of hydrogen-bond acceptors (Lipinski definition) is 4. The Hall–Kier alpha value is -1.65. The number of rotatable bonds is 6. The number of aryl methyl sites for hydroxylation is 2. The highest BCUT2D eigenvalue weighted by molar-refractivity contribution is 5.28. The molecule has 21 heavy (non-hydrogen) atoms. The predicted octanol–water partition coefficient (Wildman–Crippen LogP) is 3.59. The molecule has 0 amide bonds. The molecular formula is C17H24N2O2. The predicted molar refractivity (Wildman–Crippen MR) is 82.9 cm³/mol. The van der Waals surface area contributed by atoms with Crippen molar-refractivity contribution in [3.8, 4) is 0 Å². The van der Waals surface area contributed by atoms with Gasteiger partial charge >= 0.3 is 0 Å². The first-order chi connectivity index (χ1) is 10.1. The van der Waals surface area contributed by atoms with Crippen molar-refractivity contribution >= 4 is 0 Å². The highest BCUT2D eigenvalue weighted by Gasteiger charge is 2.21. The molecule has 1 aromatic heterocycles. The van der Waals surface area contributed by atoms with Crippen LogP contribution in [-0.4, -0.2) is 10.3 Å². The second kappa shape index (κ2) is 6.87. The van der Waals surface area contributed by atoms with Gasteiger partial charge in [0.05, 0.1) is 12.3 Å². The molecule has 1 heterocycles.